The average molecular weight is 340 g/mol. The van der Waals surface area contributed by atoms with Gasteiger partial charge in [0.15, 0.2) is 0 Å². The van der Waals surface area contributed by atoms with Crippen LogP contribution in [0.1, 0.15) is 15.2 Å². The number of hydrogen-bond acceptors (Lipinski definition) is 3. The third-order valence-electron chi connectivity index (χ3n) is 2.68. The van der Waals surface area contributed by atoms with Crippen LogP contribution in [0.25, 0.3) is 0 Å². The van der Waals surface area contributed by atoms with Crippen LogP contribution in [0, 0.1) is 0 Å². The molecular weight excluding hydrogens is 326 g/mol. The third kappa shape index (κ3) is 4.16. The van der Waals surface area contributed by atoms with Gasteiger partial charge in [-0.2, -0.15) is 0 Å². The first-order chi connectivity index (χ1) is 9.19. The highest BCUT2D eigenvalue weighted by Crippen LogP contribution is 2.22. The fourth-order valence-corrected chi connectivity index (χ4v) is 3.04. The van der Waals surface area contributed by atoms with Gasteiger partial charge in [0, 0.05) is 0 Å². The Morgan fingerprint density at radius 2 is 2.00 bits per heavy atom. The first-order valence-electron chi connectivity index (χ1n) is 5.90. The Morgan fingerprint density at radius 1 is 1.26 bits per heavy atom. The Hall–Kier alpha value is -1.17. The van der Waals surface area contributed by atoms with Gasteiger partial charge in [-0.1, -0.05) is 30.3 Å². The second-order valence-corrected chi connectivity index (χ2v) is 6.61. The highest BCUT2D eigenvalue weighted by atomic mass is 79.9. The number of thiophene rings is 1. The molecule has 0 aliphatic heterocycles. The van der Waals surface area contributed by atoms with Crippen molar-refractivity contribution in [2.24, 2.45) is 0 Å². The summed E-state index contributed by atoms with van der Waals surface area (Å²) in [6, 6.07) is 13.1. The molecule has 2 N–H and O–H groups in total. The lowest BCUT2D eigenvalue weighted by atomic mass is 10.1. The van der Waals surface area contributed by atoms with Crippen molar-refractivity contribution >= 4 is 33.2 Å². The van der Waals surface area contributed by atoms with E-state index in [4.69, 9.17) is 0 Å². The molecule has 1 atom stereocenters. The molecule has 0 saturated heterocycles. The summed E-state index contributed by atoms with van der Waals surface area (Å²) in [6.45, 7) is -0.0762. The summed E-state index contributed by atoms with van der Waals surface area (Å²) < 4.78 is 0.918. The Labute approximate surface area is 124 Å². The minimum absolute atomic E-state index is 0.0762. The fourth-order valence-electron chi connectivity index (χ4n) is 1.75. The average Bonchev–Trinajstić information content (AvgIpc) is 2.86. The van der Waals surface area contributed by atoms with Crippen molar-refractivity contribution in [1.29, 1.82) is 0 Å². The molecule has 0 aliphatic carbocycles. The first-order valence-corrected chi connectivity index (χ1v) is 7.51. The first kappa shape index (κ1) is 14.2. The maximum Gasteiger partial charge on any atom is 0.261 e. The largest absolute Gasteiger partial charge is 0.394 e. The topological polar surface area (TPSA) is 49.3 Å². The molecule has 3 nitrogen and oxygen atoms in total. The van der Waals surface area contributed by atoms with Crippen LogP contribution in [0.2, 0.25) is 0 Å². The van der Waals surface area contributed by atoms with Crippen LogP contribution in [-0.2, 0) is 6.42 Å². The molecule has 5 heteroatoms. The maximum absolute atomic E-state index is 12.0. The van der Waals surface area contributed by atoms with Gasteiger partial charge in [-0.3, -0.25) is 4.79 Å². The summed E-state index contributed by atoms with van der Waals surface area (Å²) in [4.78, 5) is 12.6. The van der Waals surface area contributed by atoms with Crippen LogP contribution in [0.3, 0.4) is 0 Å². The normalized spacial score (nSPS) is 12.1. The number of aliphatic hydroxyl groups excluding tert-OH is 1. The molecule has 2 aromatic rings. The molecule has 19 heavy (non-hydrogen) atoms. The minimum Gasteiger partial charge on any atom is -0.394 e. The number of hydrogen-bond donors (Lipinski definition) is 2. The second-order valence-electron chi connectivity index (χ2n) is 4.15. The van der Waals surface area contributed by atoms with Gasteiger partial charge in [0.2, 0.25) is 0 Å². The molecule has 1 aromatic heterocycles. The van der Waals surface area contributed by atoms with Crippen molar-refractivity contribution in [3.05, 3.63) is 56.7 Å². The van der Waals surface area contributed by atoms with E-state index >= 15 is 0 Å². The van der Waals surface area contributed by atoms with E-state index < -0.39 is 0 Å². The van der Waals surface area contributed by atoms with Crippen LogP contribution < -0.4 is 5.32 Å². The molecular formula is C14H14BrNO2S. The number of nitrogens with one attached hydrogen (secondary N) is 1. The van der Waals surface area contributed by atoms with E-state index in [1.54, 1.807) is 6.07 Å². The number of carbonyl (C=O) groups excluding carboxylic acids is 1. The van der Waals surface area contributed by atoms with Crippen LogP contribution >= 0.6 is 27.3 Å². The Balaban J connectivity index is 1.97. The number of benzene rings is 1. The van der Waals surface area contributed by atoms with E-state index in [1.165, 1.54) is 11.3 Å². The van der Waals surface area contributed by atoms with Crippen LogP contribution in [0.5, 0.6) is 0 Å². The van der Waals surface area contributed by atoms with Crippen molar-refractivity contribution in [3.8, 4) is 0 Å². The summed E-state index contributed by atoms with van der Waals surface area (Å²) >= 11 is 4.70. The molecule has 0 aliphatic rings. The molecule has 0 unspecified atom stereocenters. The quantitative estimate of drug-likeness (QED) is 0.879. The van der Waals surface area contributed by atoms with Gasteiger partial charge in [-0.05, 0) is 40.0 Å². The van der Waals surface area contributed by atoms with Crippen molar-refractivity contribution < 1.29 is 9.90 Å². The molecule has 0 radical (unpaired) electrons. The van der Waals surface area contributed by atoms with Gasteiger partial charge in [0.1, 0.15) is 0 Å². The molecule has 1 aromatic carbocycles. The molecule has 0 fully saturated rings. The summed E-state index contributed by atoms with van der Waals surface area (Å²) in [6.07, 6.45) is 0.621. The third-order valence-corrected chi connectivity index (χ3v) is 4.30. The lowest BCUT2D eigenvalue weighted by Crippen LogP contribution is -2.38. The zero-order chi connectivity index (χ0) is 13.7. The molecule has 0 bridgehead atoms. The van der Waals surface area contributed by atoms with Gasteiger partial charge in [0.05, 0.1) is 21.3 Å². The summed E-state index contributed by atoms with van der Waals surface area (Å²) in [5, 5.41) is 12.2. The molecule has 1 amide bonds. The minimum atomic E-state index is -0.268. The molecule has 0 saturated carbocycles. The smallest absolute Gasteiger partial charge is 0.261 e. The highest BCUT2D eigenvalue weighted by molar-refractivity contribution is 9.11. The number of aliphatic hydroxyl groups is 1. The van der Waals surface area contributed by atoms with Crippen LogP contribution in [0.15, 0.2) is 46.3 Å². The maximum atomic E-state index is 12.0. The van der Waals surface area contributed by atoms with Crippen molar-refractivity contribution in [1.82, 2.24) is 5.32 Å². The van der Waals surface area contributed by atoms with Gasteiger partial charge in [0.25, 0.3) is 5.91 Å². The number of amides is 1. The lowest BCUT2D eigenvalue weighted by Gasteiger charge is -2.15. The van der Waals surface area contributed by atoms with Crippen LogP contribution in [0.4, 0.5) is 0 Å². The standard InChI is InChI=1S/C14H14BrNO2S/c15-13-7-6-12(19-13)14(18)16-11(9-17)8-10-4-2-1-3-5-10/h1-7,11,17H,8-9H2,(H,16,18)/t11-/m1/s1. The number of carbonyl (C=O) groups is 1. The van der Waals surface area contributed by atoms with E-state index in [0.717, 1.165) is 9.35 Å². The molecule has 0 spiro atoms. The zero-order valence-corrected chi connectivity index (χ0v) is 12.6. The monoisotopic (exact) mass is 339 g/mol. The van der Waals surface area contributed by atoms with E-state index in [0.29, 0.717) is 11.3 Å². The predicted molar refractivity (Wildman–Crippen MR) is 80.5 cm³/mol. The summed E-state index contributed by atoms with van der Waals surface area (Å²) in [7, 11) is 0. The fraction of sp³-hybridized carbons (Fsp3) is 0.214. The van der Waals surface area contributed by atoms with Crippen molar-refractivity contribution in [3.63, 3.8) is 0 Å². The highest BCUT2D eigenvalue weighted by Gasteiger charge is 2.14. The van der Waals surface area contributed by atoms with E-state index in [1.807, 2.05) is 36.4 Å². The van der Waals surface area contributed by atoms with Gasteiger partial charge in [-0.25, -0.2) is 0 Å². The second kappa shape index (κ2) is 6.84. The SMILES string of the molecule is O=C(N[C@@H](CO)Cc1ccccc1)c1ccc(Br)s1. The van der Waals surface area contributed by atoms with E-state index in [2.05, 4.69) is 21.2 Å². The Kier molecular flexibility index (Phi) is 5.13. The van der Waals surface area contributed by atoms with E-state index in [-0.39, 0.29) is 18.6 Å². The van der Waals surface area contributed by atoms with Crippen LogP contribution in [-0.4, -0.2) is 23.7 Å². The predicted octanol–water partition coefficient (Wildman–Crippen LogP) is 2.84. The number of halogens is 1. The Bertz CT molecular complexity index is 541. The van der Waals surface area contributed by atoms with Gasteiger partial charge < -0.3 is 10.4 Å². The zero-order valence-electron chi connectivity index (χ0n) is 10.2. The van der Waals surface area contributed by atoms with Gasteiger partial charge in [-0.15, -0.1) is 11.3 Å². The summed E-state index contributed by atoms with van der Waals surface area (Å²) in [5.74, 6) is -0.148. The van der Waals surface area contributed by atoms with Crippen molar-refractivity contribution in [2.45, 2.75) is 12.5 Å². The van der Waals surface area contributed by atoms with Crippen molar-refractivity contribution in [2.75, 3.05) is 6.61 Å². The Morgan fingerprint density at radius 3 is 2.58 bits per heavy atom. The lowest BCUT2D eigenvalue weighted by molar-refractivity contribution is 0.0920. The summed E-state index contributed by atoms with van der Waals surface area (Å²) in [5.41, 5.74) is 1.09. The molecule has 100 valence electrons. The molecule has 1 heterocycles. The number of rotatable bonds is 5. The molecule has 2 rings (SSSR count). The van der Waals surface area contributed by atoms with Gasteiger partial charge >= 0.3 is 0 Å². The van der Waals surface area contributed by atoms with E-state index in [9.17, 15) is 9.90 Å².